The number of pyridine rings is 1. The maximum Gasteiger partial charge on any atom is 0.0355 e. The summed E-state index contributed by atoms with van der Waals surface area (Å²) in [5.41, 5.74) is 1.95. The lowest BCUT2D eigenvalue weighted by molar-refractivity contribution is 0.813. The molecule has 0 aliphatic rings. The van der Waals surface area contributed by atoms with Gasteiger partial charge >= 0.3 is 0 Å². The SMILES string of the molecule is CNCc1cncc(C=N)c1. The van der Waals surface area contributed by atoms with E-state index in [1.54, 1.807) is 12.4 Å². The predicted octanol–water partition coefficient (Wildman–Crippen LogP) is 0.799. The minimum absolute atomic E-state index is 0.800. The molecule has 0 bridgehead atoms. The van der Waals surface area contributed by atoms with Gasteiger partial charge in [0.15, 0.2) is 0 Å². The number of hydrogen-bond acceptors (Lipinski definition) is 3. The number of aromatic nitrogens is 1. The monoisotopic (exact) mass is 149 g/mol. The first kappa shape index (κ1) is 7.88. The van der Waals surface area contributed by atoms with E-state index in [0.717, 1.165) is 17.7 Å². The van der Waals surface area contributed by atoms with Gasteiger partial charge in [0.1, 0.15) is 0 Å². The van der Waals surface area contributed by atoms with Crippen LogP contribution in [0.2, 0.25) is 0 Å². The van der Waals surface area contributed by atoms with Crippen molar-refractivity contribution in [1.82, 2.24) is 10.3 Å². The molecule has 0 aliphatic heterocycles. The lowest BCUT2D eigenvalue weighted by Gasteiger charge is -1.98. The molecule has 0 atom stereocenters. The lowest BCUT2D eigenvalue weighted by Crippen LogP contribution is -2.05. The van der Waals surface area contributed by atoms with Crippen molar-refractivity contribution in [3.05, 3.63) is 29.6 Å². The van der Waals surface area contributed by atoms with Gasteiger partial charge in [-0.05, 0) is 18.7 Å². The summed E-state index contributed by atoms with van der Waals surface area (Å²) in [6.07, 6.45) is 4.77. The van der Waals surface area contributed by atoms with E-state index in [-0.39, 0.29) is 0 Å². The molecule has 3 nitrogen and oxygen atoms in total. The van der Waals surface area contributed by atoms with Crippen LogP contribution in [0, 0.1) is 5.41 Å². The Morgan fingerprint density at radius 2 is 2.45 bits per heavy atom. The summed E-state index contributed by atoms with van der Waals surface area (Å²) in [7, 11) is 1.89. The van der Waals surface area contributed by atoms with Gasteiger partial charge in [0.05, 0.1) is 0 Å². The van der Waals surface area contributed by atoms with Crippen LogP contribution in [-0.2, 0) is 6.54 Å². The molecule has 1 heterocycles. The highest BCUT2D eigenvalue weighted by Gasteiger charge is 1.91. The maximum absolute atomic E-state index is 6.99. The molecule has 0 aliphatic carbocycles. The summed E-state index contributed by atoms with van der Waals surface area (Å²) in [6.45, 7) is 0.800. The zero-order valence-corrected chi connectivity index (χ0v) is 6.46. The molecular weight excluding hydrogens is 138 g/mol. The molecule has 0 unspecified atom stereocenters. The van der Waals surface area contributed by atoms with Crippen LogP contribution < -0.4 is 5.32 Å². The quantitative estimate of drug-likeness (QED) is 0.624. The van der Waals surface area contributed by atoms with Crippen LogP contribution in [0.25, 0.3) is 0 Å². The fourth-order valence-corrected chi connectivity index (χ4v) is 0.887. The van der Waals surface area contributed by atoms with E-state index in [0.29, 0.717) is 0 Å². The van der Waals surface area contributed by atoms with Gasteiger partial charge in [-0.15, -0.1) is 0 Å². The number of hydrogen-bond donors (Lipinski definition) is 2. The molecule has 2 N–H and O–H groups in total. The molecule has 1 aromatic rings. The molecule has 58 valence electrons. The van der Waals surface area contributed by atoms with Crippen LogP contribution >= 0.6 is 0 Å². The molecule has 11 heavy (non-hydrogen) atoms. The molecule has 0 saturated heterocycles. The van der Waals surface area contributed by atoms with E-state index >= 15 is 0 Å². The Balaban J connectivity index is 2.82. The summed E-state index contributed by atoms with van der Waals surface area (Å²) in [5, 5.41) is 10.0. The summed E-state index contributed by atoms with van der Waals surface area (Å²) in [6, 6.07) is 1.94. The average molecular weight is 149 g/mol. The van der Waals surface area contributed by atoms with Crippen LogP contribution in [0.4, 0.5) is 0 Å². The van der Waals surface area contributed by atoms with Gasteiger partial charge in [-0.1, -0.05) is 0 Å². The van der Waals surface area contributed by atoms with Crippen LogP contribution in [0.3, 0.4) is 0 Å². The molecule has 0 radical (unpaired) electrons. The Kier molecular flexibility index (Phi) is 2.74. The van der Waals surface area contributed by atoms with Gasteiger partial charge in [-0.2, -0.15) is 0 Å². The zero-order chi connectivity index (χ0) is 8.10. The van der Waals surface area contributed by atoms with Crippen molar-refractivity contribution in [3.8, 4) is 0 Å². The standard InChI is InChI=1S/C8H11N3/c1-10-4-8-2-7(3-9)5-11-6-8/h2-3,5-6,9-10H,4H2,1H3. The number of nitrogens with one attached hydrogen (secondary N) is 2. The summed E-state index contributed by atoms with van der Waals surface area (Å²) >= 11 is 0. The van der Waals surface area contributed by atoms with Crippen LogP contribution in [0.15, 0.2) is 18.5 Å². The molecule has 0 saturated carbocycles. The maximum atomic E-state index is 6.99. The van der Waals surface area contributed by atoms with E-state index in [1.165, 1.54) is 6.21 Å². The van der Waals surface area contributed by atoms with Crippen LogP contribution in [-0.4, -0.2) is 18.2 Å². The van der Waals surface area contributed by atoms with Crippen molar-refractivity contribution in [3.63, 3.8) is 0 Å². The lowest BCUT2D eigenvalue weighted by atomic mass is 10.2. The minimum atomic E-state index is 0.800. The highest BCUT2D eigenvalue weighted by atomic mass is 14.8. The fraction of sp³-hybridized carbons (Fsp3) is 0.250. The largest absolute Gasteiger partial charge is 0.316 e. The Labute approximate surface area is 66.0 Å². The van der Waals surface area contributed by atoms with Crippen molar-refractivity contribution in [1.29, 1.82) is 5.41 Å². The summed E-state index contributed by atoms with van der Waals surface area (Å²) in [5.74, 6) is 0. The fourth-order valence-electron chi connectivity index (χ4n) is 0.887. The second kappa shape index (κ2) is 3.83. The van der Waals surface area contributed by atoms with Crippen molar-refractivity contribution in [2.45, 2.75) is 6.54 Å². The predicted molar refractivity (Wildman–Crippen MR) is 44.9 cm³/mol. The molecule has 0 aromatic carbocycles. The van der Waals surface area contributed by atoms with Crippen molar-refractivity contribution in [2.24, 2.45) is 0 Å². The van der Waals surface area contributed by atoms with E-state index in [2.05, 4.69) is 10.3 Å². The summed E-state index contributed by atoms with van der Waals surface area (Å²) < 4.78 is 0. The second-order valence-electron chi connectivity index (χ2n) is 2.30. The number of nitrogens with zero attached hydrogens (tertiary/aromatic N) is 1. The van der Waals surface area contributed by atoms with E-state index < -0.39 is 0 Å². The van der Waals surface area contributed by atoms with Gasteiger partial charge in [0.25, 0.3) is 0 Å². The molecule has 0 spiro atoms. The van der Waals surface area contributed by atoms with Crippen molar-refractivity contribution in [2.75, 3.05) is 7.05 Å². The zero-order valence-electron chi connectivity index (χ0n) is 6.46. The second-order valence-corrected chi connectivity index (χ2v) is 2.30. The highest BCUT2D eigenvalue weighted by molar-refractivity contribution is 5.76. The first-order chi connectivity index (χ1) is 5.36. The van der Waals surface area contributed by atoms with E-state index in [9.17, 15) is 0 Å². The normalized spacial score (nSPS) is 9.55. The van der Waals surface area contributed by atoms with Gasteiger partial charge in [0, 0.05) is 30.7 Å². The van der Waals surface area contributed by atoms with Crippen molar-refractivity contribution >= 4 is 6.21 Å². The average Bonchev–Trinajstić information content (AvgIpc) is 2.06. The van der Waals surface area contributed by atoms with Crippen molar-refractivity contribution < 1.29 is 0 Å². The summed E-state index contributed by atoms with van der Waals surface area (Å²) in [4.78, 5) is 3.98. The molecule has 0 fully saturated rings. The van der Waals surface area contributed by atoms with Gasteiger partial charge in [0.2, 0.25) is 0 Å². The smallest absolute Gasteiger partial charge is 0.0355 e. The van der Waals surface area contributed by atoms with Gasteiger partial charge in [-0.3, -0.25) is 4.98 Å². The first-order valence-corrected chi connectivity index (χ1v) is 3.46. The van der Waals surface area contributed by atoms with Gasteiger partial charge in [-0.25, -0.2) is 0 Å². The van der Waals surface area contributed by atoms with E-state index in [1.807, 2.05) is 13.1 Å². The Bertz CT molecular complexity index is 245. The third kappa shape index (κ3) is 2.13. The molecule has 0 amide bonds. The van der Waals surface area contributed by atoms with Gasteiger partial charge < -0.3 is 10.7 Å². The molecule has 1 rings (SSSR count). The molecule has 1 aromatic heterocycles. The minimum Gasteiger partial charge on any atom is -0.316 e. The third-order valence-electron chi connectivity index (χ3n) is 1.36. The van der Waals surface area contributed by atoms with E-state index in [4.69, 9.17) is 5.41 Å². The first-order valence-electron chi connectivity index (χ1n) is 3.46. The Hall–Kier alpha value is -1.22. The third-order valence-corrected chi connectivity index (χ3v) is 1.36. The van der Waals surface area contributed by atoms with Crippen LogP contribution in [0.1, 0.15) is 11.1 Å². The number of rotatable bonds is 3. The van der Waals surface area contributed by atoms with Crippen LogP contribution in [0.5, 0.6) is 0 Å². The molecular formula is C8H11N3. The Morgan fingerprint density at radius 3 is 3.09 bits per heavy atom. The Morgan fingerprint density at radius 1 is 1.64 bits per heavy atom. The highest BCUT2D eigenvalue weighted by Crippen LogP contribution is 1.98. The molecule has 3 heteroatoms. The topological polar surface area (TPSA) is 48.8 Å².